The number of esters is 1. The number of benzene rings is 2. The second-order valence-electron chi connectivity index (χ2n) is 13.8. The number of aryl methyl sites for hydroxylation is 1. The summed E-state index contributed by atoms with van der Waals surface area (Å²) in [6.07, 6.45) is 36.7. The molecule has 0 unspecified atom stereocenters. The number of nitrogens with zero attached hydrogens (tertiary/aromatic N) is 3. The molecule has 1 aliphatic heterocycles. The Morgan fingerprint density at radius 1 is 0.786 bits per heavy atom. The second-order valence-corrected chi connectivity index (χ2v) is 14.5. The number of carbonyl (C=O) groups excluding carboxylic acids is 2. The summed E-state index contributed by atoms with van der Waals surface area (Å²) in [5.41, 5.74) is 2.91. The quantitative estimate of drug-likeness (QED) is 0.0293. The van der Waals surface area contributed by atoms with Gasteiger partial charge in [0.05, 0.1) is 22.3 Å². The fraction of sp³-hybridized carbons (Fsp3) is 0.447. The number of rotatable bonds is 27. The maximum absolute atomic E-state index is 12.5. The number of hydrogen-bond acceptors (Lipinski definition) is 7. The van der Waals surface area contributed by atoms with Gasteiger partial charge < -0.3 is 24.1 Å². The van der Waals surface area contributed by atoms with Crippen molar-refractivity contribution in [3.63, 3.8) is 0 Å². The molecule has 9 heteroatoms. The van der Waals surface area contributed by atoms with E-state index < -0.39 is 0 Å². The molecule has 0 saturated carbocycles. The van der Waals surface area contributed by atoms with E-state index in [1.807, 2.05) is 54.4 Å². The Bertz CT molecular complexity index is 1610. The molecule has 1 fully saturated rings. The molecule has 2 aromatic rings. The van der Waals surface area contributed by atoms with Crippen LogP contribution in [0.25, 0.3) is 0 Å². The molecule has 3 rings (SSSR count). The van der Waals surface area contributed by atoms with E-state index in [-0.39, 0.29) is 12.7 Å². The smallest absolute Gasteiger partial charge is 0.307 e. The Hall–Kier alpha value is -4.04. The molecule has 0 atom stereocenters. The standard InChI is InChI=1S/C47H63Cl2N3O4/c1-3-4-5-6-7-8-9-10-11-12-13-14-15-16-17-18-19-20-21-29-46(54)56-40-50(2)45-39-42(31-30-41(45)26-25-37-53)55-38-23-22-32-51-33-35-52(36-34-51)44-28-24-27-43(48)47(44)49/h4-5,7-8,10-11,13-14,16-17,19-20,24,27-28,30-31,37,39H,3,6,9,12,15,18,21-23,25-26,29,32-36,38,40H2,1-2H3/b5-4-,8-7-,11-10-,14-13-,17-16-,20-19-. The minimum atomic E-state index is -0.243. The van der Waals surface area contributed by atoms with E-state index >= 15 is 0 Å². The minimum Gasteiger partial charge on any atom is -0.494 e. The number of allylic oxidation sites excluding steroid dienone is 12. The van der Waals surface area contributed by atoms with Gasteiger partial charge in [0.1, 0.15) is 12.0 Å². The highest BCUT2D eigenvalue weighted by Crippen LogP contribution is 2.33. The fourth-order valence-corrected chi connectivity index (χ4v) is 6.56. The van der Waals surface area contributed by atoms with Crippen LogP contribution >= 0.6 is 23.2 Å². The Kier molecular flexibility index (Phi) is 24.2. The number of carbonyl (C=O) groups is 2. The number of ether oxygens (including phenoxy) is 2. The molecule has 0 bridgehead atoms. The largest absolute Gasteiger partial charge is 0.494 e. The summed E-state index contributed by atoms with van der Waals surface area (Å²) >= 11 is 12.7. The van der Waals surface area contributed by atoms with Crippen molar-refractivity contribution in [2.75, 3.05) is 62.9 Å². The molecule has 7 nitrogen and oxygen atoms in total. The normalized spacial score (nSPS) is 14.1. The SMILES string of the molecule is CC/C=C\C/C=C\C/C=C\C/C=C\C/C=C\C/C=C\CCC(=O)OCN(C)c1cc(OCCCCN2CCN(c3cccc(Cl)c3Cl)CC2)ccc1CCC=O. The van der Waals surface area contributed by atoms with Gasteiger partial charge in [-0.3, -0.25) is 9.69 Å². The van der Waals surface area contributed by atoms with Gasteiger partial charge in [-0.05, 0) is 94.5 Å². The maximum Gasteiger partial charge on any atom is 0.307 e. The summed E-state index contributed by atoms with van der Waals surface area (Å²) in [6, 6.07) is 11.7. The lowest BCUT2D eigenvalue weighted by Gasteiger charge is -2.36. The zero-order valence-corrected chi connectivity index (χ0v) is 35.1. The molecule has 0 aromatic heterocycles. The highest BCUT2D eigenvalue weighted by atomic mass is 35.5. The van der Waals surface area contributed by atoms with Crippen molar-refractivity contribution in [2.45, 2.75) is 84.0 Å². The van der Waals surface area contributed by atoms with E-state index in [0.717, 1.165) is 113 Å². The average molecular weight is 805 g/mol. The van der Waals surface area contributed by atoms with Crippen LogP contribution in [0.2, 0.25) is 10.0 Å². The number of unbranched alkanes of at least 4 members (excludes halogenated alkanes) is 1. The van der Waals surface area contributed by atoms with Gasteiger partial charge in [-0.2, -0.15) is 0 Å². The lowest BCUT2D eigenvalue weighted by Crippen LogP contribution is -2.46. The third-order valence-electron chi connectivity index (χ3n) is 9.31. The van der Waals surface area contributed by atoms with Gasteiger partial charge in [-0.1, -0.05) is 115 Å². The Labute approximate surface area is 347 Å². The van der Waals surface area contributed by atoms with Crippen LogP contribution in [0.5, 0.6) is 5.75 Å². The Morgan fingerprint density at radius 2 is 1.41 bits per heavy atom. The van der Waals surface area contributed by atoms with Gasteiger partial charge in [0, 0.05) is 57.8 Å². The van der Waals surface area contributed by atoms with Crippen LogP contribution in [0.3, 0.4) is 0 Å². The molecule has 0 spiro atoms. The number of piperazine rings is 1. The van der Waals surface area contributed by atoms with E-state index in [1.165, 1.54) is 0 Å². The molecule has 56 heavy (non-hydrogen) atoms. The molecular weight excluding hydrogens is 741 g/mol. The molecule has 0 aliphatic carbocycles. The molecule has 1 aliphatic rings. The van der Waals surface area contributed by atoms with Crippen LogP contribution in [0, 0.1) is 0 Å². The van der Waals surface area contributed by atoms with Gasteiger partial charge in [-0.25, -0.2) is 0 Å². The van der Waals surface area contributed by atoms with E-state index in [1.54, 1.807) is 0 Å². The zero-order chi connectivity index (χ0) is 40.1. The van der Waals surface area contributed by atoms with Crippen molar-refractivity contribution in [3.8, 4) is 5.75 Å². The van der Waals surface area contributed by atoms with E-state index in [9.17, 15) is 9.59 Å². The highest BCUT2D eigenvalue weighted by Gasteiger charge is 2.19. The van der Waals surface area contributed by atoms with E-state index in [0.29, 0.717) is 42.3 Å². The van der Waals surface area contributed by atoms with Crippen molar-refractivity contribution in [3.05, 3.63) is 125 Å². The zero-order valence-electron chi connectivity index (χ0n) is 33.6. The molecule has 0 N–H and O–H groups in total. The molecule has 0 radical (unpaired) electrons. The van der Waals surface area contributed by atoms with Crippen molar-refractivity contribution in [1.82, 2.24) is 4.90 Å². The second kappa shape index (κ2) is 29.2. The van der Waals surface area contributed by atoms with E-state index in [2.05, 4.69) is 83.6 Å². The van der Waals surface area contributed by atoms with E-state index in [4.69, 9.17) is 32.7 Å². The van der Waals surface area contributed by atoms with Crippen molar-refractivity contribution in [2.24, 2.45) is 0 Å². The van der Waals surface area contributed by atoms with Crippen LogP contribution in [0.1, 0.15) is 83.1 Å². The fourth-order valence-electron chi connectivity index (χ4n) is 6.14. The highest BCUT2D eigenvalue weighted by molar-refractivity contribution is 6.43. The maximum atomic E-state index is 12.5. The summed E-state index contributed by atoms with van der Waals surface area (Å²) < 4.78 is 11.7. The Balaban J connectivity index is 1.29. The molecule has 2 aromatic carbocycles. The molecular formula is C47H63Cl2N3O4. The van der Waals surface area contributed by atoms with Gasteiger partial charge in [-0.15, -0.1) is 0 Å². The summed E-state index contributed by atoms with van der Waals surface area (Å²) in [5.74, 6) is 0.519. The molecule has 304 valence electrons. The van der Waals surface area contributed by atoms with Gasteiger partial charge in [0.15, 0.2) is 6.73 Å². The van der Waals surface area contributed by atoms with Gasteiger partial charge >= 0.3 is 5.97 Å². The van der Waals surface area contributed by atoms with Crippen LogP contribution in [0.15, 0.2) is 109 Å². The minimum absolute atomic E-state index is 0.122. The predicted octanol–water partition coefficient (Wildman–Crippen LogP) is 11.5. The monoisotopic (exact) mass is 803 g/mol. The number of anilines is 2. The van der Waals surface area contributed by atoms with Crippen LogP contribution in [-0.2, 0) is 20.7 Å². The lowest BCUT2D eigenvalue weighted by molar-refractivity contribution is -0.143. The molecule has 0 amide bonds. The van der Waals surface area contributed by atoms with Crippen LogP contribution < -0.4 is 14.5 Å². The summed E-state index contributed by atoms with van der Waals surface area (Å²) in [5, 5.41) is 1.22. The third-order valence-corrected chi connectivity index (χ3v) is 10.1. The first-order valence-corrected chi connectivity index (χ1v) is 21.1. The predicted molar refractivity (Wildman–Crippen MR) is 237 cm³/mol. The average Bonchev–Trinajstić information content (AvgIpc) is 3.21. The summed E-state index contributed by atoms with van der Waals surface area (Å²) in [6.45, 7) is 7.70. The van der Waals surface area contributed by atoms with Crippen LogP contribution in [0.4, 0.5) is 11.4 Å². The van der Waals surface area contributed by atoms with Crippen molar-refractivity contribution >= 4 is 46.8 Å². The summed E-state index contributed by atoms with van der Waals surface area (Å²) in [7, 11) is 1.89. The first-order chi connectivity index (χ1) is 27.4. The molecule has 1 heterocycles. The van der Waals surface area contributed by atoms with Crippen LogP contribution in [-0.4, -0.2) is 70.3 Å². The lowest BCUT2D eigenvalue weighted by atomic mass is 10.1. The first-order valence-electron chi connectivity index (χ1n) is 20.3. The van der Waals surface area contributed by atoms with Gasteiger partial charge in [0.25, 0.3) is 0 Å². The third kappa shape index (κ3) is 19.2. The number of aldehydes is 1. The topological polar surface area (TPSA) is 62.3 Å². The van der Waals surface area contributed by atoms with Crippen molar-refractivity contribution < 1.29 is 19.1 Å². The van der Waals surface area contributed by atoms with Crippen molar-refractivity contribution in [1.29, 1.82) is 0 Å². The molecule has 1 saturated heterocycles. The number of halogens is 2. The first kappa shape index (κ1) is 46.3. The Morgan fingerprint density at radius 3 is 2.04 bits per heavy atom. The van der Waals surface area contributed by atoms with Gasteiger partial charge in [0.2, 0.25) is 0 Å². The number of hydrogen-bond donors (Lipinski definition) is 0. The summed E-state index contributed by atoms with van der Waals surface area (Å²) in [4.78, 5) is 30.3.